The van der Waals surface area contributed by atoms with E-state index in [4.69, 9.17) is 4.74 Å². The summed E-state index contributed by atoms with van der Waals surface area (Å²) in [5, 5.41) is 2.70. The number of amides is 2. The van der Waals surface area contributed by atoms with E-state index < -0.39 is 29.8 Å². The zero-order chi connectivity index (χ0) is 19.4. The van der Waals surface area contributed by atoms with Crippen LogP contribution in [0.2, 0.25) is 0 Å². The Balaban J connectivity index is 1.64. The predicted molar refractivity (Wildman–Crippen MR) is 88.2 cm³/mol. The zero-order valence-corrected chi connectivity index (χ0v) is 14.1. The molecule has 1 saturated heterocycles. The average molecular weight is 379 g/mol. The summed E-state index contributed by atoms with van der Waals surface area (Å²) >= 11 is 0. The Kier molecular flexibility index (Phi) is 5.29. The second kappa shape index (κ2) is 7.65. The molecule has 1 atom stereocenters. The van der Waals surface area contributed by atoms with Crippen LogP contribution >= 0.6 is 0 Å². The van der Waals surface area contributed by atoms with Gasteiger partial charge in [0.2, 0.25) is 5.91 Å². The van der Waals surface area contributed by atoms with E-state index in [0.29, 0.717) is 5.56 Å². The number of carbonyl (C=O) groups excluding carboxylic acids is 2. The van der Waals surface area contributed by atoms with Crippen LogP contribution in [0.1, 0.15) is 16.7 Å². The van der Waals surface area contributed by atoms with Crippen LogP contribution in [-0.2, 0) is 28.8 Å². The predicted octanol–water partition coefficient (Wildman–Crippen LogP) is 2.74. The molecule has 1 aliphatic rings. The maximum atomic E-state index is 12.6. The van der Waals surface area contributed by atoms with Crippen LogP contribution in [-0.4, -0.2) is 34.5 Å². The largest absolute Gasteiger partial charge is 0.447 e. The number of rotatable bonds is 5. The number of halogens is 3. The molecule has 0 spiro atoms. The van der Waals surface area contributed by atoms with E-state index >= 15 is 0 Å². The summed E-state index contributed by atoms with van der Waals surface area (Å²) in [4.78, 5) is 29.5. The Morgan fingerprint density at radius 2 is 1.96 bits per heavy atom. The van der Waals surface area contributed by atoms with Gasteiger partial charge in [-0.05, 0) is 29.3 Å². The number of carbonyl (C=O) groups is 2. The Bertz CT molecular complexity index is 810. The van der Waals surface area contributed by atoms with Crippen LogP contribution in [0.5, 0.6) is 0 Å². The third-order valence-electron chi connectivity index (χ3n) is 4.10. The fourth-order valence-corrected chi connectivity index (χ4v) is 2.65. The van der Waals surface area contributed by atoms with E-state index in [0.717, 1.165) is 17.7 Å². The van der Waals surface area contributed by atoms with Gasteiger partial charge in [-0.3, -0.25) is 14.7 Å². The second-order valence-electron chi connectivity index (χ2n) is 5.99. The molecule has 0 radical (unpaired) electrons. The summed E-state index contributed by atoms with van der Waals surface area (Å²) in [5.41, 5.74) is 0.485. The summed E-state index contributed by atoms with van der Waals surface area (Å²) in [6.45, 7) is 0.103. The molecule has 142 valence electrons. The first kappa shape index (κ1) is 18.7. The molecule has 1 fully saturated rings. The topological polar surface area (TPSA) is 71.5 Å². The van der Waals surface area contributed by atoms with Gasteiger partial charge in [0.05, 0.1) is 12.1 Å². The van der Waals surface area contributed by atoms with Gasteiger partial charge in [-0.1, -0.05) is 18.2 Å². The molecule has 0 unspecified atom stereocenters. The first-order valence-electron chi connectivity index (χ1n) is 8.11. The van der Waals surface area contributed by atoms with Crippen molar-refractivity contribution in [3.8, 4) is 0 Å². The van der Waals surface area contributed by atoms with Crippen molar-refractivity contribution in [1.29, 1.82) is 0 Å². The van der Waals surface area contributed by atoms with Crippen molar-refractivity contribution in [3.63, 3.8) is 0 Å². The highest BCUT2D eigenvalue weighted by Gasteiger charge is 2.38. The average Bonchev–Trinajstić information content (AvgIpc) is 3.01. The van der Waals surface area contributed by atoms with Crippen LogP contribution in [0.15, 0.2) is 48.8 Å². The number of aromatic nitrogens is 1. The van der Waals surface area contributed by atoms with Gasteiger partial charge in [0.25, 0.3) is 0 Å². The van der Waals surface area contributed by atoms with Gasteiger partial charge in [-0.25, -0.2) is 4.79 Å². The van der Waals surface area contributed by atoms with E-state index in [1.54, 1.807) is 24.5 Å². The number of nitrogens with zero attached hydrogens (tertiary/aromatic N) is 2. The highest BCUT2D eigenvalue weighted by molar-refractivity contribution is 5.87. The standard InChI is InChI=1S/C18H16F3N3O3/c19-18(20,21)14-5-3-12(4-6-14)10-24-15(11-27-17(24)26)16(25)23-9-13-2-1-7-22-8-13/h1-8,15H,9-11H2,(H,23,25)/t15-/m0/s1. The summed E-state index contributed by atoms with van der Waals surface area (Å²) in [7, 11) is 0. The molecular formula is C18H16F3N3O3. The summed E-state index contributed by atoms with van der Waals surface area (Å²) in [6.07, 6.45) is -1.90. The smallest absolute Gasteiger partial charge is 0.416 e. The molecule has 2 amide bonds. The third-order valence-corrected chi connectivity index (χ3v) is 4.10. The minimum Gasteiger partial charge on any atom is -0.447 e. The number of nitrogens with one attached hydrogen (secondary N) is 1. The minimum atomic E-state index is -4.43. The molecule has 27 heavy (non-hydrogen) atoms. The van der Waals surface area contributed by atoms with Crippen molar-refractivity contribution in [1.82, 2.24) is 15.2 Å². The van der Waals surface area contributed by atoms with Crippen molar-refractivity contribution in [3.05, 3.63) is 65.5 Å². The Labute approximate surface area is 152 Å². The maximum Gasteiger partial charge on any atom is 0.416 e. The molecular weight excluding hydrogens is 363 g/mol. The zero-order valence-electron chi connectivity index (χ0n) is 14.1. The van der Waals surface area contributed by atoms with E-state index in [9.17, 15) is 22.8 Å². The Morgan fingerprint density at radius 1 is 1.22 bits per heavy atom. The lowest BCUT2D eigenvalue weighted by Gasteiger charge is -2.21. The molecule has 0 bridgehead atoms. The van der Waals surface area contributed by atoms with Crippen molar-refractivity contribution in [2.75, 3.05) is 6.61 Å². The number of ether oxygens (including phenoxy) is 1. The lowest BCUT2D eigenvalue weighted by molar-refractivity contribution is -0.137. The minimum absolute atomic E-state index is 0.0258. The molecule has 6 nitrogen and oxygen atoms in total. The van der Waals surface area contributed by atoms with Gasteiger partial charge >= 0.3 is 12.3 Å². The van der Waals surface area contributed by atoms with Gasteiger partial charge in [0, 0.05) is 18.9 Å². The fourth-order valence-electron chi connectivity index (χ4n) is 2.65. The molecule has 1 aromatic heterocycles. The van der Waals surface area contributed by atoms with E-state index in [1.807, 2.05) is 0 Å². The van der Waals surface area contributed by atoms with E-state index in [2.05, 4.69) is 10.3 Å². The van der Waals surface area contributed by atoms with Crippen LogP contribution in [0.25, 0.3) is 0 Å². The highest BCUT2D eigenvalue weighted by Crippen LogP contribution is 2.29. The number of cyclic esters (lactones) is 1. The summed E-state index contributed by atoms with van der Waals surface area (Å²) in [6, 6.07) is 7.11. The lowest BCUT2D eigenvalue weighted by Crippen LogP contribution is -2.45. The van der Waals surface area contributed by atoms with Gasteiger partial charge in [-0.2, -0.15) is 13.2 Å². The van der Waals surface area contributed by atoms with Gasteiger partial charge < -0.3 is 10.1 Å². The maximum absolute atomic E-state index is 12.6. The van der Waals surface area contributed by atoms with Gasteiger partial charge in [0.1, 0.15) is 12.6 Å². The molecule has 1 aromatic carbocycles. The Morgan fingerprint density at radius 3 is 2.59 bits per heavy atom. The van der Waals surface area contributed by atoms with Crippen molar-refractivity contribution in [2.24, 2.45) is 0 Å². The first-order valence-corrected chi connectivity index (χ1v) is 8.11. The van der Waals surface area contributed by atoms with Crippen molar-refractivity contribution >= 4 is 12.0 Å². The number of pyridine rings is 1. The van der Waals surface area contributed by atoms with Gasteiger partial charge in [-0.15, -0.1) is 0 Å². The van der Waals surface area contributed by atoms with E-state index in [1.165, 1.54) is 17.0 Å². The van der Waals surface area contributed by atoms with Crippen LogP contribution in [0.4, 0.5) is 18.0 Å². The normalized spacial score (nSPS) is 16.9. The molecule has 1 aliphatic heterocycles. The Hall–Kier alpha value is -3.10. The number of hydrogen-bond donors (Lipinski definition) is 1. The van der Waals surface area contributed by atoms with Crippen LogP contribution < -0.4 is 5.32 Å². The molecule has 3 rings (SSSR count). The molecule has 1 N–H and O–H groups in total. The first-order chi connectivity index (χ1) is 12.8. The molecule has 0 saturated carbocycles. The monoisotopic (exact) mass is 379 g/mol. The third kappa shape index (κ3) is 4.55. The number of alkyl halides is 3. The van der Waals surface area contributed by atoms with Crippen molar-refractivity contribution < 1.29 is 27.5 Å². The summed E-state index contributed by atoms with van der Waals surface area (Å²) in [5.74, 6) is -0.406. The number of hydrogen-bond acceptors (Lipinski definition) is 4. The SMILES string of the molecule is O=C(NCc1cccnc1)[C@@H]1COC(=O)N1Cc1ccc(C(F)(F)F)cc1. The lowest BCUT2D eigenvalue weighted by atomic mass is 10.1. The second-order valence-corrected chi connectivity index (χ2v) is 5.99. The van der Waals surface area contributed by atoms with Crippen LogP contribution in [0.3, 0.4) is 0 Å². The summed E-state index contributed by atoms with van der Waals surface area (Å²) < 4.78 is 42.8. The molecule has 2 aromatic rings. The number of benzene rings is 1. The molecule has 0 aliphatic carbocycles. The molecule has 2 heterocycles. The van der Waals surface area contributed by atoms with Gasteiger partial charge in [0.15, 0.2) is 0 Å². The van der Waals surface area contributed by atoms with E-state index in [-0.39, 0.29) is 19.7 Å². The highest BCUT2D eigenvalue weighted by atomic mass is 19.4. The van der Waals surface area contributed by atoms with Crippen LogP contribution in [0, 0.1) is 0 Å². The van der Waals surface area contributed by atoms with Crippen molar-refractivity contribution in [2.45, 2.75) is 25.3 Å². The quantitative estimate of drug-likeness (QED) is 0.867. The molecule has 9 heteroatoms. The fraction of sp³-hybridized carbons (Fsp3) is 0.278.